The number of nitrogens with one attached hydrogen (secondary N) is 1. The number of carboxylic acid groups (broad SMARTS) is 1. The van der Waals surface area contributed by atoms with Gasteiger partial charge in [0, 0.05) is 11.6 Å². The van der Waals surface area contributed by atoms with E-state index in [9.17, 15) is 9.59 Å². The van der Waals surface area contributed by atoms with Crippen molar-refractivity contribution in [1.82, 2.24) is 5.32 Å². The molecule has 2 N–H and O–H groups in total. The third kappa shape index (κ3) is 6.40. The van der Waals surface area contributed by atoms with Gasteiger partial charge in [0.15, 0.2) is 6.61 Å². The fourth-order valence-electron chi connectivity index (χ4n) is 1.33. The van der Waals surface area contributed by atoms with Crippen LogP contribution in [0, 0.1) is 6.92 Å². The second kappa shape index (κ2) is 8.39. The van der Waals surface area contributed by atoms with Crippen LogP contribution < -0.4 is 10.1 Å². The minimum atomic E-state index is -1.04. The molecule has 1 rings (SSSR count). The van der Waals surface area contributed by atoms with Gasteiger partial charge in [-0.15, -0.1) is 0 Å². The molecular formula is C13H16ClNO5. The normalized spacial score (nSPS) is 10.1. The van der Waals surface area contributed by atoms with E-state index in [1.165, 1.54) is 0 Å². The summed E-state index contributed by atoms with van der Waals surface area (Å²) < 4.78 is 10.1. The number of hydrogen-bond acceptors (Lipinski definition) is 4. The molecular weight excluding hydrogens is 286 g/mol. The molecule has 110 valence electrons. The second-order valence-corrected chi connectivity index (χ2v) is 4.40. The fraction of sp³-hybridized carbons (Fsp3) is 0.385. The van der Waals surface area contributed by atoms with Gasteiger partial charge in [0.25, 0.3) is 5.91 Å². The van der Waals surface area contributed by atoms with Crippen LogP contribution in [0.2, 0.25) is 5.02 Å². The molecule has 1 aromatic rings. The van der Waals surface area contributed by atoms with Gasteiger partial charge in [-0.05, 0) is 30.7 Å². The van der Waals surface area contributed by atoms with E-state index in [0.29, 0.717) is 10.8 Å². The first-order valence-electron chi connectivity index (χ1n) is 5.94. The predicted molar refractivity (Wildman–Crippen MR) is 73.1 cm³/mol. The Morgan fingerprint density at radius 3 is 2.75 bits per heavy atom. The molecule has 0 saturated carbocycles. The van der Waals surface area contributed by atoms with Gasteiger partial charge in [0.2, 0.25) is 0 Å². The summed E-state index contributed by atoms with van der Waals surface area (Å²) >= 11 is 5.87. The topological polar surface area (TPSA) is 84.9 Å². The third-order valence-corrected chi connectivity index (χ3v) is 2.72. The number of amides is 1. The summed E-state index contributed by atoms with van der Waals surface area (Å²) in [6, 6.07) is 5.12. The Morgan fingerprint density at radius 2 is 2.10 bits per heavy atom. The predicted octanol–water partition coefficient (Wildman–Crippen LogP) is 1.24. The standard InChI is InChI=1S/C13H16ClNO5/c1-9-6-10(2-3-11(9)14)20-7-12(16)15-4-5-19-8-13(17)18/h2-3,6H,4-5,7-8H2,1H3,(H,15,16)(H,17,18). The number of carboxylic acids is 1. The summed E-state index contributed by atoms with van der Waals surface area (Å²) in [6.45, 7) is 1.71. The zero-order valence-corrected chi connectivity index (χ0v) is 11.8. The molecule has 0 aliphatic heterocycles. The Kier molecular flexibility index (Phi) is 6.83. The molecule has 0 bridgehead atoms. The maximum Gasteiger partial charge on any atom is 0.329 e. The molecule has 0 aromatic heterocycles. The van der Waals surface area contributed by atoms with E-state index >= 15 is 0 Å². The van der Waals surface area contributed by atoms with Gasteiger partial charge < -0.3 is 19.9 Å². The number of carbonyl (C=O) groups is 2. The monoisotopic (exact) mass is 301 g/mol. The lowest BCUT2D eigenvalue weighted by atomic mass is 10.2. The number of carbonyl (C=O) groups excluding carboxylic acids is 1. The van der Waals surface area contributed by atoms with E-state index in [4.69, 9.17) is 26.2 Å². The average Bonchev–Trinajstić information content (AvgIpc) is 2.39. The van der Waals surface area contributed by atoms with Gasteiger partial charge in [0.05, 0.1) is 6.61 Å². The molecule has 7 heteroatoms. The number of rotatable bonds is 8. The molecule has 0 aliphatic carbocycles. The zero-order valence-electron chi connectivity index (χ0n) is 11.0. The molecule has 0 saturated heterocycles. The van der Waals surface area contributed by atoms with E-state index in [0.717, 1.165) is 5.56 Å². The van der Waals surface area contributed by atoms with Crippen LogP contribution >= 0.6 is 11.6 Å². The van der Waals surface area contributed by atoms with Crippen molar-refractivity contribution in [2.24, 2.45) is 0 Å². The van der Waals surface area contributed by atoms with Crippen LogP contribution in [-0.4, -0.2) is 43.3 Å². The summed E-state index contributed by atoms with van der Waals surface area (Å²) in [4.78, 5) is 21.6. The number of ether oxygens (including phenoxy) is 2. The van der Waals surface area contributed by atoms with Gasteiger partial charge in [-0.3, -0.25) is 4.79 Å². The van der Waals surface area contributed by atoms with Crippen molar-refractivity contribution in [3.8, 4) is 5.75 Å². The van der Waals surface area contributed by atoms with Crippen LogP contribution in [0.5, 0.6) is 5.75 Å². The number of benzene rings is 1. The number of hydrogen-bond donors (Lipinski definition) is 2. The molecule has 0 aliphatic rings. The van der Waals surface area contributed by atoms with Crippen molar-refractivity contribution in [3.05, 3.63) is 28.8 Å². The molecule has 0 fully saturated rings. The lowest BCUT2D eigenvalue weighted by molar-refractivity contribution is -0.142. The molecule has 0 radical (unpaired) electrons. The van der Waals surface area contributed by atoms with Gasteiger partial charge in [-0.1, -0.05) is 11.6 Å². The van der Waals surface area contributed by atoms with Crippen LogP contribution in [0.15, 0.2) is 18.2 Å². The molecule has 1 aromatic carbocycles. The fourth-order valence-corrected chi connectivity index (χ4v) is 1.45. The summed E-state index contributed by atoms with van der Waals surface area (Å²) in [5.41, 5.74) is 0.867. The minimum absolute atomic E-state index is 0.125. The van der Waals surface area contributed by atoms with E-state index in [-0.39, 0.29) is 32.3 Å². The van der Waals surface area contributed by atoms with Crippen LogP contribution in [0.4, 0.5) is 0 Å². The van der Waals surface area contributed by atoms with E-state index in [2.05, 4.69) is 5.32 Å². The Labute approximate surface area is 121 Å². The summed E-state index contributed by atoms with van der Waals surface area (Å²) in [6.07, 6.45) is 0. The molecule has 1 amide bonds. The number of halogens is 1. The first kappa shape index (κ1) is 16.3. The maximum atomic E-state index is 11.4. The Bertz CT molecular complexity index is 478. The van der Waals surface area contributed by atoms with Crippen LogP contribution in [0.3, 0.4) is 0 Å². The molecule has 0 atom stereocenters. The largest absolute Gasteiger partial charge is 0.484 e. The third-order valence-electron chi connectivity index (χ3n) is 2.29. The van der Waals surface area contributed by atoms with E-state index < -0.39 is 5.97 Å². The minimum Gasteiger partial charge on any atom is -0.484 e. The number of aryl methyl sites for hydroxylation is 1. The zero-order chi connectivity index (χ0) is 15.0. The number of aliphatic carboxylic acids is 1. The lowest BCUT2D eigenvalue weighted by Crippen LogP contribution is -2.32. The van der Waals surface area contributed by atoms with Crippen molar-refractivity contribution >= 4 is 23.5 Å². The first-order chi connectivity index (χ1) is 9.49. The Balaban J connectivity index is 2.19. The van der Waals surface area contributed by atoms with Crippen LogP contribution in [0.25, 0.3) is 0 Å². The molecule has 0 heterocycles. The molecule has 0 unspecified atom stereocenters. The molecule has 0 spiro atoms. The first-order valence-corrected chi connectivity index (χ1v) is 6.32. The Hall–Kier alpha value is -1.79. The Morgan fingerprint density at radius 1 is 1.35 bits per heavy atom. The van der Waals surface area contributed by atoms with E-state index in [1.807, 2.05) is 6.92 Å². The smallest absolute Gasteiger partial charge is 0.329 e. The SMILES string of the molecule is Cc1cc(OCC(=O)NCCOCC(=O)O)ccc1Cl. The van der Waals surface area contributed by atoms with E-state index in [1.54, 1.807) is 18.2 Å². The highest BCUT2D eigenvalue weighted by atomic mass is 35.5. The highest BCUT2D eigenvalue weighted by molar-refractivity contribution is 6.31. The maximum absolute atomic E-state index is 11.4. The van der Waals surface area contributed by atoms with Crippen LogP contribution in [0.1, 0.15) is 5.56 Å². The van der Waals surface area contributed by atoms with Crippen LogP contribution in [-0.2, 0) is 14.3 Å². The van der Waals surface area contributed by atoms with Gasteiger partial charge in [0.1, 0.15) is 12.4 Å². The van der Waals surface area contributed by atoms with Crippen molar-refractivity contribution < 1.29 is 24.2 Å². The van der Waals surface area contributed by atoms with Gasteiger partial charge in [-0.25, -0.2) is 4.79 Å². The molecule has 6 nitrogen and oxygen atoms in total. The van der Waals surface area contributed by atoms with Crippen molar-refractivity contribution in [2.75, 3.05) is 26.4 Å². The second-order valence-electron chi connectivity index (χ2n) is 4.00. The lowest BCUT2D eigenvalue weighted by Gasteiger charge is -2.08. The molecule has 20 heavy (non-hydrogen) atoms. The summed E-state index contributed by atoms with van der Waals surface area (Å²) in [5.74, 6) is -0.793. The van der Waals surface area contributed by atoms with Crippen molar-refractivity contribution in [3.63, 3.8) is 0 Å². The highest BCUT2D eigenvalue weighted by Crippen LogP contribution is 2.20. The highest BCUT2D eigenvalue weighted by Gasteiger charge is 2.04. The van der Waals surface area contributed by atoms with Gasteiger partial charge >= 0.3 is 5.97 Å². The average molecular weight is 302 g/mol. The van der Waals surface area contributed by atoms with Crippen molar-refractivity contribution in [1.29, 1.82) is 0 Å². The van der Waals surface area contributed by atoms with Crippen molar-refractivity contribution in [2.45, 2.75) is 6.92 Å². The summed E-state index contributed by atoms with van der Waals surface area (Å²) in [5, 5.41) is 11.5. The summed E-state index contributed by atoms with van der Waals surface area (Å²) in [7, 11) is 0. The van der Waals surface area contributed by atoms with Gasteiger partial charge in [-0.2, -0.15) is 0 Å². The quantitative estimate of drug-likeness (QED) is 0.706.